The van der Waals surface area contributed by atoms with Crippen LogP contribution in [-0.4, -0.2) is 15.8 Å². The van der Waals surface area contributed by atoms with E-state index in [-0.39, 0.29) is 66.3 Å². The summed E-state index contributed by atoms with van der Waals surface area (Å²) in [5.41, 5.74) is 40.6. The van der Waals surface area contributed by atoms with Gasteiger partial charge in [-0.3, -0.25) is 0 Å². The van der Waals surface area contributed by atoms with Crippen LogP contribution in [0.3, 0.4) is 0 Å². The Bertz CT molecular complexity index is 6440. The maximum atomic E-state index is 2.81. The van der Waals surface area contributed by atoms with Crippen LogP contribution in [0.5, 0.6) is 0 Å². The van der Waals surface area contributed by atoms with Crippen molar-refractivity contribution < 1.29 is 0 Å². The SMILES string of the molecule is CC(C)(C)Cc1cc(-c2cccc(C(C)(C)C)c2)c(N2c3cc(-n4c5ccc(C(C)(C)C)cc5c5cc(C(C)(C)C)ccc54)ccc3B3c4ccc(-n5c6ccc(C(C)(C)C)cc6c6cc(C(C)(C)C)ccc65)cc4N(c4cc(-c5cccc(C(C)(C)C)c5)c(CC(C)(C)C)cc4-c4cccc(C(C)(C)C)c4)c4cc(C(C)(C)C)cc2c43)cc1-c1cccc(C(C)(C)C)c1. The van der Waals surface area contributed by atoms with Gasteiger partial charge in [-0.2, -0.15) is 0 Å². The normalized spacial score (nSPS) is 13.9. The Kier molecular flexibility index (Phi) is 21.6. The molecular formula is C124H143BN4. The van der Waals surface area contributed by atoms with Crippen molar-refractivity contribution >= 4 is 101 Å². The van der Waals surface area contributed by atoms with Gasteiger partial charge in [-0.05, 0) is 293 Å². The molecule has 0 fully saturated rings. The topological polar surface area (TPSA) is 16.3 Å². The molecule has 2 aromatic heterocycles. The molecule has 4 nitrogen and oxygen atoms in total. The van der Waals surface area contributed by atoms with Gasteiger partial charge in [0.2, 0.25) is 0 Å². The van der Waals surface area contributed by atoms with Gasteiger partial charge in [0, 0.05) is 66.8 Å². The summed E-state index contributed by atoms with van der Waals surface area (Å²) in [5.74, 6) is 0. The number of fused-ring (bicyclic) bond motifs is 10. The highest BCUT2D eigenvalue weighted by Crippen LogP contribution is 2.55. The largest absolute Gasteiger partial charge is 0.311 e. The van der Waals surface area contributed by atoms with Crippen LogP contribution in [0.25, 0.3) is 99.5 Å². The highest BCUT2D eigenvalue weighted by Gasteiger charge is 2.47. The second-order valence-electron chi connectivity index (χ2n) is 50.2. The van der Waals surface area contributed by atoms with Crippen LogP contribution >= 0.6 is 0 Å². The lowest BCUT2D eigenvalue weighted by molar-refractivity contribution is 0.411. The average molecular weight is 1700 g/mol. The lowest BCUT2D eigenvalue weighted by Gasteiger charge is -2.46. The highest BCUT2D eigenvalue weighted by atomic mass is 15.2. The number of hydrogen-bond acceptors (Lipinski definition) is 2. The third-order valence-electron chi connectivity index (χ3n) is 27.9. The molecule has 17 rings (SSSR count). The summed E-state index contributed by atoms with van der Waals surface area (Å²) in [6.45, 7) is 78.2. The van der Waals surface area contributed by atoms with Gasteiger partial charge in [0.1, 0.15) is 0 Å². The third kappa shape index (κ3) is 16.9. The second-order valence-corrected chi connectivity index (χ2v) is 50.2. The van der Waals surface area contributed by atoms with Crippen LogP contribution < -0.4 is 26.2 Å². The van der Waals surface area contributed by atoms with Crippen LogP contribution in [0.1, 0.15) is 290 Å². The molecule has 13 aromatic carbocycles. The van der Waals surface area contributed by atoms with Crippen molar-refractivity contribution in [1.82, 2.24) is 9.13 Å². The maximum Gasteiger partial charge on any atom is 0.252 e. The van der Waals surface area contributed by atoms with Gasteiger partial charge in [0.05, 0.1) is 33.4 Å². The summed E-state index contributed by atoms with van der Waals surface area (Å²) in [6.07, 6.45) is 1.73. The second kappa shape index (κ2) is 30.9. The first kappa shape index (κ1) is 90.1. The first-order valence-electron chi connectivity index (χ1n) is 47.9. The standard InChI is InChI=1S/C124H143BN4/c1-114(2,3)74-80-62-95(78-40-36-44-84(60-78)118(13,14)15)107(72-93(80)76-38-34-42-82(58-76)116(7,8)9)128-109-70-91(126-103-54-46-86(120(19,20)21)64-97(103)98-65-87(121(22,23)24)47-55-104(98)126)50-52-101(109)125-102-53-51-92(127-105-56-48-88(122(25,26)27)66-99(105)100-67-89(123(28,29)30)49-57-106(100)127)71-110(102)129(112-69-90(124(31,32)33)68-111(128)113(112)125)108-73-94(77-39-35-43-83(59-77)117(10,11)12)81(75-115(4,5)6)63-96(108)79-41-37-45-85(61-79)119(16,17)18/h34-73H,74-75H2,1-33H3. The lowest BCUT2D eigenvalue weighted by atomic mass is 9.33. The molecule has 0 atom stereocenters. The molecule has 5 heteroatoms. The van der Waals surface area contributed by atoms with Gasteiger partial charge in [0.25, 0.3) is 6.71 Å². The Morgan fingerprint density at radius 3 is 0.721 bits per heavy atom. The fourth-order valence-electron chi connectivity index (χ4n) is 20.3. The first-order valence-corrected chi connectivity index (χ1v) is 47.9. The summed E-state index contributed by atoms with van der Waals surface area (Å²) in [6, 6.07) is 98.9. The van der Waals surface area contributed by atoms with Gasteiger partial charge < -0.3 is 18.9 Å². The van der Waals surface area contributed by atoms with E-state index in [4.69, 9.17) is 0 Å². The number of benzene rings is 13. The molecule has 2 aliphatic heterocycles. The van der Waals surface area contributed by atoms with Crippen molar-refractivity contribution in [2.45, 2.75) is 290 Å². The molecule has 2 aliphatic rings. The number of anilines is 6. The summed E-state index contributed by atoms with van der Waals surface area (Å²) < 4.78 is 5.21. The minimum absolute atomic E-state index is 0.0665. The number of aromatic nitrogens is 2. The van der Waals surface area contributed by atoms with Crippen LogP contribution in [0.2, 0.25) is 0 Å². The minimum atomic E-state index is -0.373. The van der Waals surface area contributed by atoms with Crippen molar-refractivity contribution in [3.63, 3.8) is 0 Å². The Labute approximate surface area is 775 Å². The molecule has 0 spiro atoms. The predicted molar refractivity (Wildman–Crippen MR) is 566 cm³/mol. The van der Waals surface area contributed by atoms with E-state index in [2.05, 4.69) is 490 Å². The fraction of sp³-hybridized carbons (Fsp3) is 0.371. The third-order valence-corrected chi connectivity index (χ3v) is 27.9. The van der Waals surface area contributed by atoms with E-state index in [0.717, 1.165) is 47.0 Å². The van der Waals surface area contributed by atoms with E-state index in [1.54, 1.807) is 0 Å². The van der Waals surface area contributed by atoms with E-state index < -0.39 is 0 Å². The summed E-state index contributed by atoms with van der Waals surface area (Å²) in [4.78, 5) is 5.61. The lowest BCUT2D eigenvalue weighted by Crippen LogP contribution is -2.61. The average Bonchev–Trinajstić information content (AvgIpc) is 0.961. The minimum Gasteiger partial charge on any atom is -0.311 e. The monoisotopic (exact) mass is 1700 g/mol. The van der Waals surface area contributed by atoms with E-state index in [1.165, 1.54) is 177 Å². The van der Waals surface area contributed by atoms with Gasteiger partial charge in [0.15, 0.2) is 0 Å². The Morgan fingerprint density at radius 2 is 0.465 bits per heavy atom. The first-order chi connectivity index (χ1) is 59.9. The van der Waals surface area contributed by atoms with Gasteiger partial charge in [-0.15, -0.1) is 0 Å². The van der Waals surface area contributed by atoms with Crippen LogP contribution in [0, 0.1) is 10.8 Å². The van der Waals surface area contributed by atoms with Gasteiger partial charge >= 0.3 is 0 Å². The number of hydrogen-bond donors (Lipinski definition) is 0. The molecule has 0 bridgehead atoms. The van der Waals surface area contributed by atoms with Crippen molar-refractivity contribution in [1.29, 1.82) is 0 Å². The summed E-state index contributed by atoms with van der Waals surface area (Å²) in [5, 5.41) is 5.08. The van der Waals surface area contributed by atoms with Crippen molar-refractivity contribution in [2.24, 2.45) is 10.8 Å². The maximum absolute atomic E-state index is 2.81. The molecule has 0 amide bonds. The predicted octanol–water partition coefficient (Wildman–Crippen LogP) is 33.5. The summed E-state index contributed by atoms with van der Waals surface area (Å²) in [7, 11) is 0. The van der Waals surface area contributed by atoms with Crippen molar-refractivity contribution in [3.05, 3.63) is 304 Å². The Hall–Kier alpha value is -10.9. The van der Waals surface area contributed by atoms with E-state index in [0.29, 0.717) is 0 Å². The fourth-order valence-corrected chi connectivity index (χ4v) is 20.3. The van der Waals surface area contributed by atoms with E-state index in [9.17, 15) is 0 Å². The molecule has 4 heterocycles. The zero-order chi connectivity index (χ0) is 93.0. The molecule has 0 saturated heterocycles. The highest BCUT2D eigenvalue weighted by molar-refractivity contribution is 7.00. The summed E-state index contributed by atoms with van der Waals surface area (Å²) >= 11 is 0. The van der Waals surface area contributed by atoms with Crippen molar-refractivity contribution in [2.75, 3.05) is 9.80 Å². The molecule has 0 radical (unpaired) electrons. The molecule has 0 aliphatic carbocycles. The number of rotatable bonds is 10. The molecule has 0 unspecified atom stereocenters. The van der Waals surface area contributed by atoms with Crippen LogP contribution in [0.15, 0.2) is 243 Å². The van der Waals surface area contributed by atoms with Crippen LogP contribution in [-0.2, 0) is 61.6 Å². The quantitative estimate of drug-likeness (QED) is 0.127. The Balaban J connectivity index is 1.09. The molecule has 0 saturated carbocycles. The molecule has 662 valence electrons. The molecule has 0 N–H and O–H groups in total. The van der Waals surface area contributed by atoms with Gasteiger partial charge in [-0.1, -0.05) is 362 Å². The number of nitrogens with zero attached hydrogens (tertiary/aromatic N) is 4. The Morgan fingerprint density at radius 1 is 0.209 bits per heavy atom. The van der Waals surface area contributed by atoms with E-state index in [1.807, 2.05) is 0 Å². The van der Waals surface area contributed by atoms with E-state index >= 15 is 0 Å². The van der Waals surface area contributed by atoms with Crippen molar-refractivity contribution in [3.8, 4) is 55.9 Å². The zero-order valence-electron chi connectivity index (χ0n) is 84.4. The van der Waals surface area contributed by atoms with Gasteiger partial charge in [-0.25, -0.2) is 0 Å². The molecular weight excluding hydrogens is 1560 g/mol. The molecule has 15 aromatic rings. The molecule has 129 heavy (non-hydrogen) atoms. The zero-order valence-corrected chi connectivity index (χ0v) is 84.4. The smallest absolute Gasteiger partial charge is 0.252 e. The van der Waals surface area contributed by atoms with Crippen LogP contribution in [0.4, 0.5) is 34.1 Å².